The lowest BCUT2D eigenvalue weighted by molar-refractivity contribution is 0.0488. The summed E-state index contributed by atoms with van der Waals surface area (Å²) in [7, 11) is 0. The van der Waals surface area contributed by atoms with Crippen molar-refractivity contribution in [2.75, 3.05) is 19.8 Å². The lowest BCUT2D eigenvalue weighted by Crippen LogP contribution is -2.30. The Bertz CT molecular complexity index is 1180. The molecule has 35 heavy (non-hydrogen) atoms. The van der Waals surface area contributed by atoms with Crippen molar-refractivity contribution >= 4 is 22.4 Å². The molecule has 2 nitrogen and oxygen atoms in total. The zero-order chi connectivity index (χ0) is 24.0. The van der Waals surface area contributed by atoms with Crippen LogP contribution in [0.4, 0.5) is 0 Å². The lowest BCUT2D eigenvalue weighted by Gasteiger charge is -2.34. The van der Waals surface area contributed by atoms with Gasteiger partial charge in [0.05, 0.1) is 19.8 Å². The van der Waals surface area contributed by atoms with E-state index in [-0.39, 0.29) is 0 Å². The molecule has 2 heteroatoms. The van der Waals surface area contributed by atoms with Gasteiger partial charge < -0.3 is 9.47 Å². The molecule has 3 aromatic carbocycles. The van der Waals surface area contributed by atoms with Gasteiger partial charge in [-0.1, -0.05) is 106 Å². The predicted molar refractivity (Wildman–Crippen MR) is 148 cm³/mol. The van der Waals surface area contributed by atoms with Crippen molar-refractivity contribution in [3.05, 3.63) is 90.0 Å². The predicted octanol–water partition coefficient (Wildman–Crippen LogP) is 8.55. The average molecular weight is 467 g/mol. The number of rotatable bonds is 3. The van der Waals surface area contributed by atoms with Crippen LogP contribution in [-0.2, 0) is 4.74 Å². The van der Waals surface area contributed by atoms with E-state index in [0.717, 1.165) is 40.5 Å². The number of hydrogen-bond acceptors (Lipinski definition) is 2. The molecule has 0 radical (unpaired) electrons. The maximum atomic E-state index is 6.67. The first kappa shape index (κ1) is 23.9. The average Bonchev–Trinajstić information content (AvgIpc) is 2.91. The second-order valence-electron chi connectivity index (χ2n) is 10.3. The van der Waals surface area contributed by atoms with Crippen molar-refractivity contribution in [3.8, 4) is 5.75 Å². The Balaban J connectivity index is 1.50. The Kier molecular flexibility index (Phi) is 7.69. The summed E-state index contributed by atoms with van der Waals surface area (Å²) in [6.45, 7) is 8.96. The van der Waals surface area contributed by atoms with Crippen LogP contribution >= 0.6 is 0 Å². The molecule has 0 aromatic heterocycles. The number of ether oxygens (including phenoxy) is 2. The zero-order valence-corrected chi connectivity index (χ0v) is 21.0. The van der Waals surface area contributed by atoms with E-state index in [1.807, 2.05) is 0 Å². The van der Waals surface area contributed by atoms with E-state index in [1.165, 1.54) is 49.3 Å². The summed E-state index contributed by atoms with van der Waals surface area (Å²) in [5.41, 5.74) is 4.41. The first-order valence-electron chi connectivity index (χ1n) is 13.4. The van der Waals surface area contributed by atoms with Gasteiger partial charge in [-0.05, 0) is 58.2 Å². The van der Waals surface area contributed by atoms with E-state index in [0.29, 0.717) is 25.0 Å². The van der Waals surface area contributed by atoms with E-state index >= 15 is 0 Å². The monoisotopic (exact) mass is 466 g/mol. The van der Waals surface area contributed by atoms with E-state index in [4.69, 9.17) is 9.47 Å². The molecule has 1 atom stereocenters. The lowest BCUT2D eigenvalue weighted by atomic mass is 9.75. The maximum Gasteiger partial charge on any atom is 0.127 e. The molecule has 3 aromatic rings. The molecule has 2 aliphatic rings. The van der Waals surface area contributed by atoms with Crippen molar-refractivity contribution in [2.24, 2.45) is 17.8 Å². The fraction of sp³-hybridized carbons (Fsp3) is 0.394. The van der Waals surface area contributed by atoms with Gasteiger partial charge in [0.25, 0.3) is 0 Å². The van der Waals surface area contributed by atoms with Crippen LogP contribution in [0.1, 0.15) is 62.1 Å². The van der Waals surface area contributed by atoms with Crippen LogP contribution in [0.3, 0.4) is 0 Å². The summed E-state index contributed by atoms with van der Waals surface area (Å²) in [6.07, 6.45) is 12.3. The number of benzene rings is 3. The topological polar surface area (TPSA) is 18.5 Å². The third kappa shape index (κ3) is 5.38. The quantitative estimate of drug-likeness (QED) is 0.385. The molecule has 1 heterocycles. The minimum Gasteiger partial charge on any atom is -0.493 e. The highest BCUT2D eigenvalue weighted by atomic mass is 16.5. The molecule has 0 saturated heterocycles. The summed E-state index contributed by atoms with van der Waals surface area (Å²) in [5.74, 6) is 2.91. The SMILES string of the molecule is C=C1c2ccccc2/C=C\COCC(C2CCC(CCC)CC2)COc2ccc3ccccc3c21. The second-order valence-corrected chi connectivity index (χ2v) is 10.3. The molecule has 182 valence electrons. The van der Waals surface area contributed by atoms with Crippen LogP contribution in [0.5, 0.6) is 5.75 Å². The minimum absolute atomic E-state index is 0.404. The van der Waals surface area contributed by atoms with Crippen LogP contribution in [0.15, 0.2) is 73.3 Å². The molecule has 1 aliphatic carbocycles. The van der Waals surface area contributed by atoms with Crippen molar-refractivity contribution in [3.63, 3.8) is 0 Å². The molecule has 1 fully saturated rings. The first-order valence-corrected chi connectivity index (χ1v) is 13.4. The fourth-order valence-corrected chi connectivity index (χ4v) is 6.07. The summed E-state index contributed by atoms with van der Waals surface area (Å²) < 4.78 is 12.9. The third-order valence-electron chi connectivity index (χ3n) is 8.03. The van der Waals surface area contributed by atoms with Crippen LogP contribution in [0.25, 0.3) is 22.4 Å². The van der Waals surface area contributed by atoms with E-state index in [2.05, 4.69) is 86.3 Å². The molecule has 0 N–H and O–H groups in total. The fourth-order valence-electron chi connectivity index (χ4n) is 6.07. The van der Waals surface area contributed by atoms with Gasteiger partial charge in [0, 0.05) is 11.5 Å². The minimum atomic E-state index is 0.404. The van der Waals surface area contributed by atoms with Gasteiger partial charge in [0.2, 0.25) is 0 Å². The van der Waals surface area contributed by atoms with Gasteiger partial charge in [-0.3, -0.25) is 0 Å². The van der Waals surface area contributed by atoms with E-state index < -0.39 is 0 Å². The Morgan fingerprint density at radius 1 is 0.857 bits per heavy atom. The van der Waals surface area contributed by atoms with Crippen molar-refractivity contribution < 1.29 is 9.47 Å². The van der Waals surface area contributed by atoms with Crippen LogP contribution in [0, 0.1) is 17.8 Å². The highest BCUT2D eigenvalue weighted by molar-refractivity contribution is 6.00. The van der Waals surface area contributed by atoms with Crippen molar-refractivity contribution in [2.45, 2.75) is 45.4 Å². The first-order chi connectivity index (χ1) is 17.2. The molecule has 1 saturated carbocycles. The number of fused-ring (bicyclic) bond motifs is 4. The summed E-state index contributed by atoms with van der Waals surface area (Å²) in [4.78, 5) is 0. The third-order valence-corrected chi connectivity index (χ3v) is 8.03. The van der Waals surface area contributed by atoms with Crippen LogP contribution in [0.2, 0.25) is 0 Å². The molecule has 0 amide bonds. The largest absolute Gasteiger partial charge is 0.493 e. The highest BCUT2D eigenvalue weighted by Gasteiger charge is 2.28. The maximum absolute atomic E-state index is 6.67. The second kappa shape index (κ2) is 11.3. The Morgan fingerprint density at radius 3 is 2.51 bits per heavy atom. The molecule has 0 bridgehead atoms. The molecule has 1 aliphatic heterocycles. The van der Waals surface area contributed by atoms with Gasteiger partial charge in [-0.2, -0.15) is 0 Å². The van der Waals surface area contributed by atoms with Gasteiger partial charge in [-0.25, -0.2) is 0 Å². The standard InChI is InChI=1S/C33H38O2/c1-3-9-25-15-17-26(18-16-25)29-22-34-21-8-12-27-10-4-6-13-30(27)24(2)33-31-14-7-5-11-28(31)19-20-32(33)35-23-29/h4-8,10-14,19-20,25-26,29H,2-3,9,15-18,21-23H2,1H3/b12-8-. The van der Waals surface area contributed by atoms with Crippen molar-refractivity contribution in [1.82, 2.24) is 0 Å². The number of hydrogen-bond donors (Lipinski definition) is 0. The highest BCUT2D eigenvalue weighted by Crippen LogP contribution is 2.40. The Hall–Kier alpha value is -2.84. The zero-order valence-electron chi connectivity index (χ0n) is 21.0. The van der Waals surface area contributed by atoms with Gasteiger partial charge in [0.1, 0.15) is 5.75 Å². The normalized spacial score (nSPS) is 24.3. The molecule has 0 spiro atoms. The molecule has 5 rings (SSSR count). The van der Waals surface area contributed by atoms with Gasteiger partial charge in [0.15, 0.2) is 0 Å². The summed E-state index contributed by atoms with van der Waals surface area (Å²) in [5, 5.41) is 2.40. The van der Waals surface area contributed by atoms with Gasteiger partial charge in [-0.15, -0.1) is 0 Å². The van der Waals surface area contributed by atoms with Crippen molar-refractivity contribution in [1.29, 1.82) is 0 Å². The smallest absolute Gasteiger partial charge is 0.127 e. The van der Waals surface area contributed by atoms with E-state index in [1.54, 1.807) is 0 Å². The van der Waals surface area contributed by atoms with Crippen LogP contribution < -0.4 is 4.74 Å². The summed E-state index contributed by atoms with van der Waals surface area (Å²) >= 11 is 0. The molecule has 1 unspecified atom stereocenters. The molecular weight excluding hydrogens is 428 g/mol. The van der Waals surface area contributed by atoms with Crippen LogP contribution in [-0.4, -0.2) is 19.8 Å². The Labute approximate surface area is 210 Å². The van der Waals surface area contributed by atoms with E-state index in [9.17, 15) is 0 Å². The molecular formula is C33H38O2. The van der Waals surface area contributed by atoms with Gasteiger partial charge >= 0.3 is 0 Å². The summed E-state index contributed by atoms with van der Waals surface area (Å²) in [6, 6.07) is 21.3. The Morgan fingerprint density at radius 2 is 1.66 bits per heavy atom.